The average molecular weight is 236 g/mol. The molecule has 2 aliphatic rings. The normalized spacial score (nSPS) is 22.0. The van der Waals surface area contributed by atoms with Crippen LogP contribution in [0.2, 0.25) is 0 Å². The minimum Gasteiger partial charge on any atom is -0.335 e. The summed E-state index contributed by atoms with van der Waals surface area (Å²) in [5.74, 6) is 0. The second kappa shape index (κ2) is 6.67. The molecule has 2 amide bonds. The number of hydrogen-bond donors (Lipinski definition) is 2. The Morgan fingerprint density at radius 1 is 1.00 bits per heavy atom. The maximum Gasteiger partial charge on any atom is 0.318 e. The molecular weight excluding hydrogens is 212 g/mol. The first-order chi connectivity index (χ1) is 8.34. The Balaban J connectivity index is 1.69. The van der Waals surface area contributed by atoms with Crippen molar-refractivity contribution in [1.82, 2.24) is 10.6 Å². The van der Waals surface area contributed by atoms with E-state index in [0.29, 0.717) is 6.04 Å². The van der Waals surface area contributed by atoms with Gasteiger partial charge < -0.3 is 10.6 Å². The van der Waals surface area contributed by atoms with Crippen LogP contribution in [-0.2, 0) is 0 Å². The number of allylic oxidation sites excluding steroid dienone is 1. The predicted octanol–water partition coefficient (Wildman–Crippen LogP) is 3.47. The van der Waals surface area contributed by atoms with Crippen molar-refractivity contribution in [2.24, 2.45) is 0 Å². The molecule has 0 saturated heterocycles. The largest absolute Gasteiger partial charge is 0.335 e. The van der Waals surface area contributed by atoms with E-state index in [-0.39, 0.29) is 6.03 Å². The van der Waals surface area contributed by atoms with Crippen LogP contribution in [-0.4, -0.2) is 12.1 Å². The zero-order valence-corrected chi connectivity index (χ0v) is 10.6. The van der Waals surface area contributed by atoms with E-state index in [2.05, 4.69) is 10.6 Å². The highest BCUT2D eigenvalue weighted by molar-refractivity contribution is 5.75. The van der Waals surface area contributed by atoms with Crippen molar-refractivity contribution in [2.45, 2.75) is 70.3 Å². The van der Waals surface area contributed by atoms with Crippen molar-refractivity contribution in [3.8, 4) is 0 Å². The van der Waals surface area contributed by atoms with Gasteiger partial charge in [-0.25, -0.2) is 4.79 Å². The van der Waals surface area contributed by atoms with Gasteiger partial charge in [0, 0.05) is 12.2 Å². The third-order valence-corrected chi connectivity index (χ3v) is 3.84. The molecule has 96 valence electrons. The molecule has 2 aliphatic carbocycles. The Hall–Kier alpha value is -0.990. The molecule has 17 heavy (non-hydrogen) atoms. The average Bonchev–Trinajstić information content (AvgIpc) is 2.39. The molecule has 0 radical (unpaired) electrons. The monoisotopic (exact) mass is 236 g/mol. The summed E-state index contributed by atoms with van der Waals surface area (Å²) in [7, 11) is 0. The molecule has 0 aromatic rings. The summed E-state index contributed by atoms with van der Waals surface area (Å²) in [5.41, 5.74) is 1.40. The molecular formula is C14H24N2O. The van der Waals surface area contributed by atoms with Crippen LogP contribution in [0.1, 0.15) is 64.2 Å². The number of hydrogen-bond acceptors (Lipinski definition) is 1. The molecule has 3 nitrogen and oxygen atoms in total. The van der Waals surface area contributed by atoms with Crippen molar-refractivity contribution in [1.29, 1.82) is 0 Å². The van der Waals surface area contributed by atoms with Crippen molar-refractivity contribution < 1.29 is 4.79 Å². The van der Waals surface area contributed by atoms with Gasteiger partial charge in [0.2, 0.25) is 0 Å². The molecule has 0 bridgehead atoms. The first-order valence-corrected chi connectivity index (χ1v) is 7.09. The Morgan fingerprint density at radius 2 is 1.65 bits per heavy atom. The summed E-state index contributed by atoms with van der Waals surface area (Å²) in [5, 5.41) is 5.95. The molecule has 2 fully saturated rings. The molecule has 2 rings (SSSR count). The molecule has 0 atom stereocenters. The summed E-state index contributed by atoms with van der Waals surface area (Å²) in [4.78, 5) is 11.7. The lowest BCUT2D eigenvalue weighted by Gasteiger charge is -2.22. The third-order valence-electron chi connectivity index (χ3n) is 3.84. The highest BCUT2D eigenvalue weighted by Gasteiger charge is 2.15. The minimum absolute atomic E-state index is 0.0185. The van der Waals surface area contributed by atoms with Crippen molar-refractivity contribution in [3.05, 3.63) is 11.8 Å². The third kappa shape index (κ3) is 4.41. The Kier molecular flexibility index (Phi) is 4.89. The van der Waals surface area contributed by atoms with Gasteiger partial charge >= 0.3 is 6.03 Å². The first-order valence-electron chi connectivity index (χ1n) is 7.09. The molecule has 0 aromatic carbocycles. The molecule has 2 N–H and O–H groups in total. The Morgan fingerprint density at radius 3 is 2.35 bits per heavy atom. The van der Waals surface area contributed by atoms with Gasteiger partial charge in [-0.05, 0) is 38.5 Å². The zero-order chi connectivity index (χ0) is 11.9. The van der Waals surface area contributed by atoms with E-state index < -0.39 is 0 Å². The van der Waals surface area contributed by atoms with E-state index in [1.165, 1.54) is 44.1 Å². The predicted molar refractivity (Wildman–Crippen MR) is 69.7 cm³/mol. The van der Waals surface area contributed by atoms with Crippen LogP contribution >= 0.6 is 0 Å². The first kappa shape index (κ1) is 12.5. The summed E-state index contributed by atoms with van der Waals surface area (Å²) in [6.07, 6.45) is 14.3. The van der Waals surface area contributed by atoms with Crippen LogP contribution in [0, 0.1) is 0 Å². The van der Waals surface area contributed by atoms with Crippen molar-refractivity contribution in [3.63, 3.8) is 0 Å². The fourth-order valence-electron chi connectivity index (χ4n) is 2.79. The van der Waals surface area contributed by atoms with E-state index in [1.54, 1.807) is 0 Å². The van der Waals surface area contributed by atoms with Crippen LogP contribution in [0.15, 0.2) is 11.8 Å². The minimum atomic E-state index is -0.0185. The van der Waals surface area contributed by atoms with E-state index >= 15 is 0 Å². The Labute approximate surface area is 104 Å². The van der Waals surface area contributed by atoms with Gasteiger partial charge in [0.1, 0.15) is 0 Å². The molecule has 0 spiro atoms. The summed E-state index contributed by atoms with van der Waals surface area (Å²) in [6.45, 7) is 0. The molecule has 0 unspecified atom stereocenters. The molecule has 2 saturated carbocycles. The van der Waals surface area contributed by atoms with Crippen LogP contribution in [0.4, 0.5) is 4.79 Å². The van der Waals surface area contributed by atoms with Gasteiger partial charge in [-0.3, -0.25) is 0 Å². The van der Waals surface area contributed by atoms with Crippen molar-refractivity contribution in [2.75, 3.05) is 0 Å². The number of carbonyl (C=O) groups excluding carboxylic acids is 1. The number of nitrogens with one attached hydrogen (secondary N) is 2. The van der Waals surface area contributed by atoms with Gasteiger partial charge in [-0.1, -0.05) is 31.3 Å². The van der Waals surface area contributed by atoms with Crippen LogP contribution in [0.5, 0.6) is 0 Å². The van der Waals surface area contributed by atoms with E-state index in [9.17, 15) is 4.79 Å². The lowest BCUT2D eigenvalue weighted by Crippen LogP contribution is -2.41. The smallest absolute Gasteiger partial charge is 0.318 e. The fourth-order valence-corrected chi connectivity index (χ4v) is 2.79. The topological polar surface area (TPSA) is 41.1 Å². The quantitative estimate of drug-likeness (QED) is 0.757. The van der Waals surface area contributed by atoms with E-state index in [4.69, 9.17) is 0 Å². The summed E-state index contributed by atoms with van der Waals surface area (Å²) >= 11 is 0. The number of carbonyl (C=O) groups is 1. The molecule has 0 aliphatic heterocycles. The van der Waals surface area contributed by atoms with Gasteiger partial charge in [-0.15, -0.1) is 0 Å². The van der Waals surface area contributed by atoms with Crippen LogP contribution in [0.3, 0.4) is 0 Å². The molecule has 3 heteroatoms. The van der Waals surface area contributed by atoms with Gasteiger partial charge in [-0.2, -0.15) is 0 Å². The van der Waals surface area contributed by atoms with Gasteiger partial charge in [0.15, 0.2) is 0 Å². The fraction of sp³-hybridized carbons (Fsp3) is 0.786. The summed E-state index contributed by atoms with van der Waals surface area (Å²) in [6, 6.07) is 0.378. The second-order valence-corrected chi connectivity index (χ2v) is 5.32. The standard InChI is InChI=1S/C14H24N2O/c17-14(16-13-9-5-2-6-10-13)15-11-12-7-3-1-4-8-12/h11,13H,1-10H2,(H2,15,16,17). The highest BCUT2D eigenvalue weighted by Crippen LogP contribution is 2.21. The second-order valence-electron chi connectivity index (χ2n) is 5.32. The molecule has 0 aromatic heterocycles. The molecule has 0 heterocycles. The lowest BCUT2D eigenvalue weighted by atomic mass is 9.95. The SMILES string of the molecule is O=C(NC=C1CCCCC1)NC1CCCCC1. The Bertz CT molecular complexity index is 272. The number of urea groups is 1. The zero-order valence-electron chi connectivity index (χ0n) is 10.6. The van der Waals surface area contributed by atoms with E-state index in [0.717, 1.165) is 25.7 Å². The lowest BCUT2D eigenvalue weighted by molar-refractivity contribution is 0.236. The van der Waals surface area contributed by atoms with Gasteiger partial charge in [0.25, 0.3) is 0 Å². The van der Waals surface area contributed by atoms with Crippen molar-refractivity contribution >= 4 is 6.03 Å². The van der Waals surface area contributed by atoms with E-state index in [1.807, 2.05) is 6.20 Å². The maximum absolute atomic E-state index is 11.7. The van der Waals surface area contributed by atoms with Crippen LogP contribution < -0.4 is 10.6 Å². The maximum atomic E-state index is 11.7. The number of rotatable bonds is 2. The van der Waals surface area contributed by atoms with Gasteiger partial charge in [0.05, 0.1) is 0 Å². The summed E-state index contributed by atoms with van der Waals surface area (Å²) < 4.78 is 0. The van der Waals surface area contributed by atoms with Crippen LogP contribution in [0.25, 0.3) is 0 Å². The highest BCUT2D eigenvalue weighted by atomic mass is 16.2. The number of amides is 2.